The molecule has 8 aromatic rings. The van der Waals surface area contributed by atoms with Gasteiger partial charge in [0, 0.05) is 0 Å². The third kappa shape index (κ3) is 5.02. The summed E-state index contributed by atoms with van der Waals surface area (Å²) < 4.78 is 0. The normalized spacial score (nSPS) is 11.8. The number of benzene rings is 8. The third-order valence-corrected chi connectivity index (χ3v) is 12.2. The second kappa shape index (κ2) is 11.8. The molecule has 0 fully saturated rings. The van der Waals surface area contributed by atoms with Gasteiger partial charge in [0.05, 0.1) is 0 Å². The number of hydrogen-bond donors (Lipinski definition) is 0. The van der Waals surface area contributed by atoms with Crippen LogP contribution in [0.5, 0.6) is 0 Å². The van der Waals surface area contributed by atoms with Gasteiger partial charge < -0.3 is 0 Å². The van der Waals surface area contributed by atoms with Crippen molar-refractivity contribution in [2.24, 2.45) is 0 Å². The summed E-state index contributed by atoms with van der Waals surface area (Å²) in [7, 11) is -0.282. The summed E-state index contributed by atoms with van der Waals surface area (Å²) in [6.07, 6.45) is 0. The molecule has 8 aromatic carbocycles. The molecule has 0 aromatic heterocycles. The van der Waals surface area contributed by atoms with Gasteiger partial charge in [0.15, 0.2) is 0 Å². The van der Waals surface area contributed by atoms with Crippen molar-refractivity contribution in [3.63, 3.8) is 0 Å². The molecule has 0 nitrogen and oxygen atoms in total. The Labute approximate surface area is 261 Å². The van der Waals surface area contributed by atoms with Crippen molar-refractivity contribution in [3.05, 3.63) is 176 Å². The van der Waals surface area contributed by atoms with E-state index in [4.69, 9.17) is 0 Å². The second-order valence-electron chi connectivity index (χ2n) is 11.1. The van der Waals surface area contributed by atoms with Crippen molar-refractivity contribution in [1.29, 1.82) is 0 Å². The Hall–Kier alpha value is -4.60. The SMILES string of the molecule is c1ccc(P(c2ccccc2)c2ccc3ccccc3c2-c2c(Pc3ccc4ccccc4c3)ccc3ccccc23)cc1. The van der Waals surface area contributed by atoms with E-state index in [2.05, 4.69) is 176 Å². The van der Waals surface area contributed by atoms with Gasteiger partial charge in [0.2, 0.25) is 0 Å². The highest BCUT2D eigenvalue weighted by Gasteiger charge is 2.24. The van der Waals surface area contributed by atoms with Crippen LogP contribution in [0.2, 0.25) is 0 Å². The van der Waals surface area contributed by atoms with Gasteiger partial charge in [-0.15, -0.1) is 0 Å². The second-order valence-corrected chi connectivity index (χ2v) is 14.6. The summed E-state index contributed by atoms with van der Waals surface area (Å²) in [4.78, 5) is 0. The summed E-state index contributed by atoms with van der Waals surface area (Å²) in [5.41, 5.74) is 2.72. The fraction of sp³-hybridized carbons (Fsp3) is 0. The Morgan fingerprint density at radius 1 is 0.364 bits per heavy atom. The molecule has 0 saturated heterocycles. The number of fused-ring (bicyclic) bond motifs is 3. The van der Waals surface area contributed by atoms with Gasteiger partial charge in [0.25, 0.3) is 0 Å². The van der Waals surface area contributed by atoms with E-state index in [0.29, 0.717) is 8.58 Å². The fourth-order valence-corrected chi connectivity index (χ4v) is 10.1. The molecular weight excluding hydrogens is 566 g/mol. The van der Waals surface area contributed by atoms with Gasteiger partial charge in [0.1, 0.15) is 0 Å². The highest BCUT2D eigenvalue weighted by atomic mass is 31.1. The molecule has 0 aliphatic heterocycles. The molecule has 0 saturated carbocycles. The predicted molar refractivity (Wildman–Crippen MR) is 197 cm³/mol. The van der Waals surface area contributed by atoms with Crippen LogP contribution in [-0.2, 0) is 0 Å². The Kier molecular flexibility index (Phi) is 7.25. The van der Waals surface area contributed by atoms with Gasteiger partial charge in [-0.05, 0) is 84.0 Å². The first-order chi connectivity index (χ1) is 21.8. The van der Waals surface area contributed by atoms with Crippen LogP contribution < -0.4 is 26.5 Å². The Balaban J connectivity index is 1.44. The molecule has 0 radical (unpaired) electrons. The van der Waals surface area contributed by atoms with Crippen molar-refractivity contribution in [2.45, 2.75) is 0 Å². The van der Waals surface area contributed by atoms with Crippen LogP contribution in [0.4, 0.5) is 0 Å². The number of hydrogen-bond acceptors (Lipinski definition) is 0. The molecule has 0 heterocycles. The van der Waals surface area contributed by atoms with Gasteiger partial charge in [-0.25, -0.2) is 0 Å². The molecule has 0 spiro atoms. The maximum Gasteiger partial charge on any atom is -0.000905 e. The third-order valence-electron chi connectivity index (χ3n) is 8.38. The minimum atomic E-state index is -0.811. The van der Waals surface area contributed by atoms with Crippen molar-refractivity contribution >= 4 is 75.3 Å². The summed E-state index contributed by atoms with van der Waals surface area (Å²) in [6.45, 7) is 0. The monoisotopic (exact) mass is 596 g/mol. The van der Waals surface area contributed by atoms with E-state index < -0.39 is 7.92 Å². The predicted octanol–water partition coefficient (Wildman–Crippen LogP) is 9.20. The summed E-state index contributed by atoms with van der Waals surface area (Å²) >= 11 is 0. The quantitative estimate of drug-likeness (QED) is 0.168. The summed E-state index contributed by atoms with van der Waals surface area (Å²) in [6, 6.07) is 65.1. The van der Waals surface area contributed by atoms with E-state index in [-0.39, 0.29) is 0 Å². The van der Waals surface area contributed by atoms with E-state index in [1.807, 2.05) is 0 Å². The van der Waals surface area contributed by atoms with Crippen LogP contribution in [-0.4, -0.2) is 0 Å². The largest absolute Gasteiger partial charge is 0.0622 e. The Bertz CT molecular complexity index is 2220. The van der Waals surface area contributed by atoms with Crippen LogP contribution in [0.3, 0.4) is 0 Å². The lowest BCUT2D eigenvalue weighted by Crippen LogP contribution is -2.23. The molecule has 0 aliphatic rings. The molecule has 44 heavy (non-hydrogen) atoms. The van der Waals surface area contributed by atoms with Crippen molar-refractivity contribution in [3.8, 4) is 11.1 Å². The minimum Gasteiger partial charge on any atom is -0.0622 e. The molecule has 0 aliphatic carbocycles. The first-order valence-corrected chi connectivity index (χ1v) is 17.4. The molecule has 2 heteroatoms. The Morgan fingerprint density at radius 3 is 1.52 bits per heavy atom. The molecule has 1 unspecified atom stereocenters. The molecule has 0 N–H and O–H groups in total. The van der Waals surface area contributed by atoms with Crippen LogP contribution in [0.1, 0.15) is 0 Å². The van der Waals surface area contributed by atoms with Crippen molar-refractivity contribution < 1.29 is 0 Å². The average molecular weight is 597 g/mol. The maximum atomic E-state index is 2.41. The first-order valence-electron chi connectivity index (χ1n) is 15.0. The van der Waals surface area contributed by atoms with Gasteiger partial charge in [-0.3, -0.25) is 0 Å². The zero-order valence-electron chi connectivity index (χ0n) is 24.2. The summed E-state index contributed by atoms with van der Waals surface area (Å²) in [5, 5.41) is 14.6. The Morgan fingerprint density at radius 2 is 0.864 bits per heavy atom. The standard InChI is InChI=1S/C42H30P2/c1-3-17-35(18-4-1)44(36-19-5-2-6-20-36)40-28-25-32-15-10-12-22-38(32)42(40)41-37-21-11-9-14-31(37)24-27-39(41)43-34-26-23-30-13-7-8-16-33(30)29-34/h1-29,43H. The molecule has 208 valence electrons. The van der Waals surface area contributed by atoms with Crippen LogP contribution in [0.25, 0.3) is 43.4 Å². The molecule has 1 atom stereocenters. The smallest absolute Gasteiger partial charge is 0.000905 e. The van der Waals surface area contributed by atoms with Gasteiger partial charge in [-0.1, -0.05) is 178 Å². The lowest BCUT2D eigenvalue weighted by Gasteiger charge is -2.26. The van der Waals surface area contributed by atoms with Crippen LogP contribution in [0, 0.1) is 0 Å². The lowest BCUT2D eigenvalue weighted by atomic mass is 9.93. The van der Waals surface area contributed by atoms with E-state index >= 15 is 0 Å². The van der Waals surface area contributed by atoms with Crippen molar-refractivity contribution in [1.82, 2.24) is 0 Å². The maximum absolute atomic E-state index is 2.41. The van der Waals surface area contributed by atoms with Crippen molar-refractivity contribution in [2.75, 3.05) is 0 Å². The topological polar surface area (TPSA) is 0 Å². The van der Waals surface area contributed by atoms with Gasteiger partial charge in [-0.2, -0.15) is 0 Å². The minimum absolute atomic E-state index is 0.529. The highest BCUT2D eigenvalue weighted by molar-refractivity contribution is 7.80. The van der Waals surface area contributed by atoms with Gasteiger partial charge >= 0.3 is 0 Å². The highest BCUT2D eigenvalue weighted by Crippen LogP contribution is 2.42. The zero-order chi connectivity index (χ0) is 29.3. The fourth-order valence-electron chi connectivity index (χ4n) is 6.36. The lowest BCUT2D eigenvalue weighted by molar-refractivity contribution is 1.72. The molecule has 0 bridgehead atoms. The molecule has 0 amide bonds. The van der Waals surface area contributed by atoms with E-state index in [9.17, 15) is 0 Å². The molecule has 8 rings (SSSR count). The van der Waals surface area contributed by atoms with E-state index in [1.165, 1.54) is 70.0 Å². The average Bonchev–Trinajstić information content (AvgIpc) is 3.09. The van der Waals surface area contributed by atoms with Crippen LogP contribution in [0.15, 0.2) is 176 Å². The van der Waals surface area contributed by atoms with E-state index in [1.54, 1.807) is 0 Å². The zero-order valence-corrected chi connectivity index (χ0v) is 26.1. The summed E-state index contributed by atoms with van der Waals surface area (Å²) in [5.74, 6) is 0. The molecular formula is C42H30P2. The number of rotatable bonds is 6. The first kappa shape index (κ1) is 27.0. The van der Waals surface area contributed by atoms with E-state index in [0.717, 1.165) is 0 Å². The van der Waals surface area contributed by atoms with Crippen LogP contribution >= 0.6 is 16.5 Å².